The van der Waals surface area contributed by atoms with Crippen molar-refractivity contribution in [1.29, 1.82) is 0 Å². The van der Waals surface area contributed by atoms with Crippen LogP contribution in [0.4, 0.5) is 11.4 Å². The van der Waals surface area contributed by atoms with Gasteiger partial charge in [-0.3, -0.25) is 9.59 Å². The Labute approximate surface area is 185 Å². The number of nitrogens with one attached hydrogen (secondary N) is 2. The van der Waals surface area contributed by atoms with Crippen molar-refractivity contribution in [1.82, 2.24) is 5.32 Å². The van der Waals surface area contributed by atoms with Gasteiger partial charge in [0.1, 0.15) is 0 Å². The fraction of sp³-hybridized carbons (Fsp3) is 0.391. The van der Waals surface area contributed by atoms with E-state index in [2.05, 4.69) is 31.5 Å². The fourth-order valence-corrected chi connectivity index (χ4v) is 4.37. The van der Waals surface area contributed by atoms with Crippen molar-refractivity contribution in [3.8, 4) is 0 Å². The van der Waals surface area contributed by atoms with E-state index < -0.39 is 0 Å². The number of amides is 2. The van der Waals surface area contributed by atoms with Crippen LogP contribution in [-0.4, -0.2) is 44.2 Å². The maximum absolute atomic E-state index is 13.0. The van der Waals surface area contributed by atoms with Gasteiger partial charge in [0.2, 0.25) is 0 Å². The fourth-order valence-electron chi connectivity index (χ4n) is 3.97. The van der Waals surface area contributed by atoms with Gasteiger partial charge in [-0.1, -0.05) is 22.0 Å². The van der Waals surface area contributed by atoms with Crippen molar-refractivity contribution in [3.05, 3.63) is 58.1 Å². The Morgan fingerprint density at radius 2 is 1.90 bits per heavy atom. The minimum atomic E-state index is -0.212. The van der Waals surface area contributed by atoms with Gasteiger partial charge in [-0.05, 0) is 62.1 Å². The lowest BCUT2D eigenvalue weighted by Crippen LogP contribution is -2.33. The largest absolute Gasteiger partial charge is 0.376 e. The van der Waals surface area contributed by atoms with Crippen LogP contribution >= 0.6 is 15.9 Å². The molecule has 2 fully saturated rings. The summed E-state index contributed by atoms with van der Waals surface area (Å²) in [5.74, 6) is -0.345. The minimum Gasteiger partial charge on any atom is -0.376 e. The lowest BCUT2D eigenvalue weighted by molar-refractivity contribution is 0.0858. The molecule has 2 aliphatic rings. The first-order valence-electron chi connectivity index (χ1n) is 10.5. The van der Waals surface area contributed by atoms with Gasteiger partial charge in [0.25, 0.3) is 11.8 Å². The number of anilines is 2. The lowest BCUT2D eigenvalue weighted by Gasteiger charge is -2.22. The van der Waals surface area contributed by atoms with Gasteiger partial charge in [0.05, 0.1) is 11.7 Å². The number of carbonyl (C=O) groups is 2. The summed E-state index contributed by atoms with van der Waals surface area (Å²) in [4.78, 5) is 27.9. The molecule has 1 atom stereocenters. The van der Waals surface area contributed by atoms with Crippen molar-refractivity contribution < 1.29 is 14.3 Å². The van der Waals surface area contributed by atoms with Crippen LogP contribution in [-0.2, 0) is 4.74 Å². The van der Waals surface area contributed by atoms with E-state index in [0.717, 1.165) is 55.5 Å². The molecule has 2 heterocycles. The molecule has 0 radical (unpaired) electrons. The predicted molar refractivity (Wildman–Crippen MR) is 121 cm³/mol. The highest BCUT2D eigenvalue weighted by Gasteiger charge is 2.22. The quantitative estimate of drug-likeness (QED) is 0.661. The van der Waals surface area contributed by atoms with E-state index in [-0.39, 0.29) is 17.9 Å². The van der Waals surface area contributed by atoms with Crippen molar-refractivity contribution in [2.24, 2.45) is 0 Å². The lowest BCUT2D eigenvalue weighted by atomic mass is 10.1. The molecule has 0 aliphatic carbocycles. The molecule has 6 nitrogen and oxygen atoms in total. The number of benzene rings is 2. The highest BCUT2D eigenvalue weighted by atomic mass is 79.9. The third-order valence-electron chi connectivity index (χ3n) is 5.55. The van der Waals surface area contributed by atoms with Crippen molar-refractivity contribution >= 4 is 39.1 Å². The molecule has 2 aromatic carbocycles. The summed E-state index contributed by atoms with van der Waals surface area (Å²) < 4.78 is 6.46. The Bertz CT molecular complexity index is 922. The van der Waals surface area contributed by atoms with Crippen LogP contribution in [0.25, 0.3) is 0 Å². The molecule has 2 N–H and O–H groups in total. The van der Waals surface area contributed by atoms with Gasteiger partial charge in [0, 0.05) is 47.7 Å². The molecule has 0 spiro atoms. The molecule has 30 heavy (non-hydrogen) atoms. The number of carbonyl (C=O) groups excluding carboxylic acids is 2. The number of halogens is 1. The van der Waals surface area contributed by atoms with E-state index in [9.17, 15) is 9.59 Å². The van der Waals surface area contributed by atoms with Gasteiger partial charge in [-0.2, -0.15) is 0 Å². The first-order valence-corrected chi connectivity index (χ1v) is 11.3. The molecule has 4 rings (SSSR count). The summed E-state index contributed by atoms with van der Waals surface area (Å²) in [7, 11) is 0. The van der Waals surface area contributed by atoms with Crippen LogP contribution in [0.3, 0.4) is 0 Å². The first-order chi connectivity index (χ1) is 14.6. The highest BCUT2D eigenvalue weighted by Crippen LogP contribution is 2.28. The van der Waals surface area contributed by atoms with Crippen molar-refractivity contribution in [2.45, 2.75) is 31.8 Å². The van der Waals surface area contributed by atoms with E-state index in [1.54, 1.807) is 18.2 Å². The summed E-state index contributed by atoms with van der Waals surface area (Å²) in [5.41, 5.74) is 2.65. The van der Waals surface area contributed by atoms with Gasteiger partial charge in [-0.25, -0.2) is 0 Å². The second kappa shape index (κ2) is 9.62. The predicted octanol–water partition coefficient (Wildman–Crippen LogP) is 4.21. The molecular formula is C23H26BrN3O3. The molecule has 158 valence electrons. The second-order valence-electron chi connectivity index (χ2n) is 7.74. The Balaban J connectivity index is 1.53. The van der Waals surface area contributed by atoms with Crippen LogP contribution in [0.2, 0.25) is 0 Å². The Kier molecular flexibility index (Phi) is 6.69. The molecule has 0 saturated carbocycles. The molecule has 2 aromatic rings. The average molecular weight is 472 g/mol. The molecular weight excluding hydrogens is 446 g/mol. The summed E-state index contributed by atoms with van der Waals surface area (Å²) >= 11 is 3.39. The van der Waals surface area contributed by atoms with Gasteiger partial charge in [-0.15, -0.1) is 0 Å². The highest BCUT2D eigenvalue weighted by molar-refractivity contribution is 9.10. The molecule has 7 heteroatoms. The Hall–Kier alpha value is -2.38. The SMILES string of the molecule is O=C(Nc1ccc(N2CCCC2)c(C(=O)NCC2CCCO2)c1)c1cccc(Br)c1. The number of rotatable bonds is 6. The Morgan fingerprint density at radius 3 is 2.63 bits per heavy atom. The van der Waals surface area contributed by atoms with Crippen molar-refractivity contribution in [2.75, 3.05) is 36.5 Å². The number of hydrogen-bond donors (Lipinski definition) is 2. The molecule has 2 aliphatic heterocycles. The third-order valence-corrected chi connectivity index (χ3v) is 6.04. The molecule has 0 aromatic heterocycles. The van der Waals surface area contributed by atoms with Crippen LogP contribution in [0, 0.1) is 0 Å². The monoisotopic (exact) mass is 471 g/mol. The third kappa shape index (κ3) is 5.02. The van der Waals surface area contributed by atoms with Crippen LogP contribution < -0.4 is 15.5 Å². The van der Waals surface area contributed by atoms with E-state index in [1.807, 2.05) is 24.3 Å². The zero-order valence-electron chi connectivity index (χ0n) is 16.8. The topological polar surface area (TPSA) is 70.7 Å². The zero-order valence-corrected chi connectivity index (χ0v) is 18.4. The van der Waals surface area contributed by atoms with Crippen LogP contribution in [0.15, 0.2) is 46.9 Å². The second-order valence-corrected chi connectivity index (χ2v) is 8.65. The van der Waals surface area contributed by atoms with E-state index in [4.69, 9.17) is 4.74 Å². The minimum absolute atomic E-state index is 0.0867. The van der Waals surface area contributed by atoms with Crippen LogP contribution in [0.1, 0.15) is 46.4 Å². The molecule has 2 amide bonds. The van der Waals surface area contributed by atoms with Crippen molar-refractivity contribution in [3.63, 3.8) is 0 Å². The summed E-state index contributed by atoms with van der Waals surface area (Å²) in [6.07, 6.45) is 4.35. The summed E-state index contributed by atoms with van der Waals surface area (Å²) in [6.45, 7) is 3.15. The summed E-state index contributed by atoms with van der Waals surface area (Å²) in [5, 5.41) is 5.93. The molecule has 0 bridgehead atoms. The normalized spacial score (nSPS) is 18.4. The number of nitrogens with zero attached hydrogens (tertiary/aromatic N) is 1. The smallest absolute Gasteiger partial charge is 0.255 e. The number of ether oxygens (including phenoxy) is 1. The zero-order chi connectivity index (χ0) is 20.9. The maximum Gasteiger partial charge on any atom is 0.255 e. The van der Waals surface area contributed by atoms with Gasteiger partial charge in [0.15, 0.2) is 0 Å². The van der Waals surface area contributed by atoms with Gasteiger partial charge < -0.3 is 20.3 Å². The van der Waals surface area contributed by atoms with Gasteiger partial charge >= 0.3 is 0 Å². The standard InChI is InChI=1S/C23H26BrN3O3/c24-17-6-3-5-16(13-17)22(28)26-18-8-9-21(27-10-1-2-11-27)20(14-18)23(29)25-15-19-7-4-12-30-19/h3,5-6,8-9,13-14,19H,1-2,4,7,10-12,15H2,(H,25,29)(H,26,28). The van der Waals surface area contributed by atoms with E-state index in [1.165, 1.54) is 0 Å². The molecule has 2 saturated heterocycles. The van der Waals surface area contributed by atoms with Crippen LogP contribution in [0.5, 0.6) is 0 Å². The maximum atomic E-state index is 13.0. The number of hydrogen-bond acceptors (Lipinski definition) is 4. The summed E-state index contributed by atoms with van der Waals surface area (Å²) in [6, 6.07) is 12.8. The molecule has 1 unspecified atom stereocenters. The average Bonchev–Trinajstić information content (AvgIpc) is 3.46. The van der Waals surface area contributed by atoms with E-state index in [0.29, 0.717) is 23.4 Å². The van der Waals surface area contributed by atoms with E-state index >= 15 is 0 Å². The first kappa shape index (κ1) is 20.9. The Morgan fingerprint density at radius 1 is 1.07 bits per heavy atom.